The number of carboxylic acid groups (broad SMARTS) is 1. The van der Waals surface area contributed by atoms with Gasteiger partial charge in [0.15, 0.2) is 0 Å². The molecule has 0 radical (unpaired) electrons. The molecule has 84 valence electrons. The van der Waals surface area contributed by atoms with Crippen LogP contribution in [0.15, 0.2) is 0 Å². The van der Waals surface area contributed by atoms with Crippen molar-refractivity contribution < 1.29 is 9.90 Å². The molecule has 0 spiro atoms. The van der Waals surface area contributed by atoms with Gasteiger partial charge in [0.1, 0.15) is 0 Å². The van der Waals surface area contributed by atoms with Crippen LogP contribution in [0.3, 0.4) is 0 Å². The maximum absolute atomic E-state index is 10.2. The molecular weight excluding hydrogens is 178 g/mol. The Morgan fingerprint density at radius 2 is 1.79 bits per heavy atom. The molecule has 0 fully saturated rings. The van der Waals surface area contributed by atoms with Gasteiger partial charge in [0.05, 0.1) is 0 Å². The van der Waals surface area contributed by atoms with Gasteiger partial charge >= 0.3 is 5.97 Å². The fourth-order valence-corrected chi connectivity index (χ4v) is 1.42. The van der Waals surface area contributed by atoms with Crippen molar-refractivity contribution >= 4 is 5.97 Å². The molecule has 0 aromatic rings. The lowest BCUT2D eigenvalue weighted by Gasteiger charge is -2.07. The van der Waals surface area contributed by atoms with E-state index >= 15 is 0 Å². The molecule has 0 bridgehead atoms. The van der Waals surface area contributed by atoms with Crippen molar-refractivity contribution in [2.45, 2.75) is 64.3 Å². The summed E-state index contributed by atoms with van der Waals surface area (Å²) in [5, 5.41) is 8.40. The fraction of sp³-hybridized carbons (Fsp3) is 0.909. The second-order valence-electron chi connectivity index (χ2n) is 3.87. The Balaban J connectivity index is 3.02. The minimum absolute atomic E-state index is 0.314. The number of unbranched alkanes of at least 4 members (excludes halogenated alkanes) is 4. The van der Waals surface area contributed by atoms with Gasteiger partial charge in [-0.05, 0) is 19.3 Å². The molecule has 0 heterocycles. The van der Waals surface area contributed by atoms with E-state index in [-0.39, 0.29) is 0 Å². The quantitative estimate of drug-likeness (QED) is 0.563. The summed E-state index contributed by atoms with van der Waals surface area (Å²) in [6.45, 7) is 2.11. The van der Waals surface area contributed by atoms with Crippen LogP contribution in [0.1, 0.15) is 58.3 Å². The largest absolute Gasteiger partial charge is 0.481 e. The third-order valence-electron chi connectivity index (χ3n) is 2.49. The highest BCUT2D eigenvalue weighted by atomic mass is 16.4. The summed E-state index contributed by atoms with van der Waals surface area (Å²) in [6, 6.07) is 0.356. The molecular formula is C11H23NO2. The zero-order chi connectivity index (χ0) is 10.8. The van der Waals surface area contributed by atoms with Crippen molar-refractivity contribution in [1.82, 2.24) is 0 Å². The zero-order valence-corrected chi connectivity index (χ0v) is 9.17. The molecule has 0 aromatic heterocycles. The maximum Gasteiger partial charge on any atom is 0.303 e. The second kappa shape index (κ2) is 9.00. The lowest BCUT2D eigenvalue weighted by molar-refractivity contribution is -0.137. The average molecular weight is 201 g/mol. The number of hydrogen-bond donors (Lipinski definition) is 2. The van der Waals surface area contributed by atoms with Crippen LogP contribution in [0.5, 0.6) is 0 Å². The summed E-state index contributed by atoms with van der Waals surface area (Å²) < 4.78 is 0. The van der Waals surface area contributed by atoms with Crippen molar-refractivity contribution in [3.05, 3.63) is 0 Å². The highest BCUT2D eigenvalue weighted by Crippen LogP contribution is 2.08. The van der Waals surface area contributed by atoms with E-state index in [1.807, 2.05) is 0 Å². The topological polar surface area (TPSA) is 63.3 Å². The molecule has 3 N–H and O–H groups in total. The lowest BCUT2D eigenvalue weighted by Crippen LogP contribution is -2.17. The standard InChI is InChI=1S/C11H23NO2/c1-2-10(12)8-6-4-3-5-7-9-11(13)14/h10H,2-9,12H2,1H3,(H,13,14). The number of nitrogens with two attached hydrogens (primary N) is 1. The van der Waals surface area contributed by atoms with Crippen LogP contribution >= 0.6 is 0 Å². The van der Waals surface area contributed by atoms with Crippen molar-refractivity contribution in [3.8, 4) is 0 Å². The van der Waals surface area contributed by atoms with Crippen molar-refractivity contribution in [2.75, 3.05) is 0 Å². The number of rotatable bonds is 9. The fourth-order valence-electron chi connectivity index (χ4n) is 1.42. The average Bonchev–Trinajstić information content (AvgIpc) is 2.15. The van der Waals surface area contributed by atoms with E-state index in [0.29, 0.717) is 12.5 Å². The molecule has 1 unspecified atom stereocenters. The van der Waals surface area contributed by atoms with E-state index in [1.165, 1.54) is 12.8 Å². The van der Waals surface area contributed by atoms with Crippen LogP contribution in [0.2, 0.25) is 0 Å². The number of aliphatic carboxylic acids is 1. The minimum Gasteiger partial charge on any atom is -0.481 e. The molecule has 0 saturated carbocycles. The molecule has 3 nitrogen and oxygen atoms in total. The van der Waals surface area contributed by atoms with Crippen molar-refractivity contribution in [2.24, 2.45) is 5.73 Å². The number of carboxylic acids is 1. The van der Waals surface area contributed by atoms with Crippen LogP contribution in [-0.4, -0.2) is 17.1 Å². The van der Waals surface area contributed by atoms with Gasteiger partial charge in [-0.1, -0.05) is 32.6 Å². The smallest absolute Gasteiger partial charge is 0.303 e. The molecule has 0 aliphatic heterocycles. The molecule has 1 atom stereocenters. The van der Waals surface area contributed by atoms with Gasteiger partial charge in [0.2, 0.25) is 0 Å². The predicted octanol–water partition coefficient (Wildman–Crippen LogP) is 2.54. The predicted molar refractivity (Wildman–Crippen MR) is 58.2 cm³/mol. The molecule has 0 aromatic carbocycles. The zero-order valence-electron chi connectivity index (χ0n) is 9.17. The first-order valence-corrected chi connectivity index (χ1v) is 5.64. The second-order valence-corrected chi connectivity index (χ2v) is 3.87. The van der Waals surface area contributed by atoms with Gasteiger partial charge in [-0.3, -0.25) is 4.79 Å². The van der Waals surface area contributed by atoms with E-state index in [0.717, 1.165) is 32.1 Å². The summed E-state index contributed by atoms with van der Waals surface area (Å²) in [4.78, 5) is 10.2. The molecule has 0 aliphatic rings. The first-order valence-electron chi connectivity index (χ1n) is 5.64. The molecule has 0 aliphatic carbocycles. The number of hydrogen-bond acceptors (Lipinski definition) is 2. The number of carbonyl (C=O) groups is 1. The third kappa shape index (κ3) is 9.52. The van der Waals surface area contributed by atoms with Crippen LogP contribution in [0.25, 0.3) is 0 Å². The van der Waals surface area contributed by atoms with Gasteiger partial charge in [0, 0.05) is 12.5 Å². The Kier molecular flexibility index (Phi) is 8.64. The van der Waals surface area contributed by atoms with Gasteiger partial charge in [-0.2, -0.15) is 0 Å². The molecule has 0 rings (SSSR count). The Labute approximate surface area is 86.7 Å². The van der Waals surface area contributed by atoms with Crippen LogP contribution in [0.4, 0.5) is 0 Å². The molecule has 0 amide bonds. The molecule has 0 saturated heterocycles. The van der Waals surface area contributed by atoms with Crippen LogP contribution in [-0.2, 0) is 4.79 Å². The first kappa shape index (κ1) is 13.4. The summed E-state index contributed by atoms with van der Waals surface area (Å²) in [7, 11) is 0. The summed E-state index contributed by atoms with van der Waals surface area (Å²) in [5.41, 5.74) is 5.78. The Morgan fingerprint density at radius 3 is 2.36 bits per heavy atom. The van der Waals surface area contributed by atoms with Gasteiger partial charge < -0.3 is 10.8 Å². The maximum atomic E-state index is 10.2. The van der Waals surface area contributed by atoms with Gasteiger partial charge in [-0.25, -0.2) is 0 Å². The lowest BCUT2D eigenvalue weighted by atomic mass is 10.0. The third-order valence-corrected chi connectivity index (χ3v) is 2.49. The normalized spacial score (nSPS) is 12.7. The Bertz CT molecular complexity index is 148. The molecule has 3 heteroatoms. The molecule has 14 heavy (non-hydrogen) atoms. The summed E-state index contributed by atoms with van der Waals surface area (Å²) in [5.74, 6) is -0.682. The van der Waals surface area contributed by atoms with E-state index in [9.17, 15) is 4.79 Å². The monoisotopic (exact) mass is 201 g/mol. The van der Waals surface area contributed by atoms with E-state index < -0.39 is 5.97 Å². The highest BCUT2D eigenvalue weighted by molar-refractivity contribution is 5.66. The SMILES string of the molecule is CCC(N)CCCCCCCC(=O)O. The van der Waals surface area contributed by atoms with Gasteiger partial charge in [-0.15, -0.1) is 0 Å². The Hall–Kier alpha value is -0.570. The highest BCUT2D eigenvalue weighted by Gasteiger charge is 1.99. The van der Waals surface area contributed by atoms with Crippen LogP contribution < -0.4 is 5.73 Å². The van der Waals surface area contributed by atoms with E-state index in [2.05, 4.69) is 6.92 Å². The van der Waals surface area contributed by atoms with E-state index in [1.54, 1.807) is 0 Å². The first-order chi connectivity index (χ1) is 6.66. The minimum atomic E-state index is -0.682. The van der Waals surface area contributed by atoms with Crippen LogP contribution in [0, 0.1) is 0 Å². The van der Waals surface area contributed by atoms with Crippen molar-refractivity contribution in [3.63, 3.8) is 0 Å². The van der Waals surface area contributed by atoms with Gasteiger partial charge in [0.25, 0.3) is 0 Å². The summed E-state index contributed by atoms with van der Waals surface area (Å²) in [6.07, 6.45) is 7.84. The van der Waals surface area contributed by atoms with E-state index in [4.69, 9.17) is 10.8 Å². The van der Waals surface area contributed by atoms with Crippen molar-refractivity contribution in [1.29, 1.82) is 0 Å². The Morgan fingerprint density at radius 1 is 1.21 bits per heavy atom. The summed E-state index contributed by atoms with van der Waals surface area (Å²) >= 11 is 0.